The largest absolute Gasteiger partial charge is 0.393 e. The molecule has 2 aliphatic carbocycles. The number of H-pyrrole nitrogens is 1. The van der Waals surface area contributed by atoms with Crippen LogP contribution in [0, 0.1) is 10.8 Å². The number of hydrogen-bond acceptors (Lipinski definition) is 3. The van der Waals surface area contributed by atoms with E-state index in [2.05, 4.69) is 43.1 Å². The molecule has 4 rings (SSSR count). The van der Waals surface area contributed by atoms with E-state index in [1.165, 1.54) is 5.56 Å². The standard InChI is InChI=1S/C19H25N3O/c1-17(2)18(3)9-10-19(17,12-14(18)23)16-20-15(21-22-16)11-13-7-5-4-6-8-13/h4-8,14,23H,9-12H2,1-3H3,(H,20,21,22)/t14-,18+,19-/m0/s1. The third-order valence-electron chi connectivity index (χ3n) is 7.15. The third kappa shape index (κ3) is 1.81. The van der Waals surface area contributed by atoms with Crippen LogP contribution >= 0.6 is 0 Å². The van der Waals surface area contributed by atoms with Gasteiger partial charge in [-0.05, 0) is 35.7 Å². The topological polar surface area (TPSA) is 61.8 Å². The van der Waals surface area contributed by atoms with Crippen LogP contribution in [0.5, 0.6) is 0 Å². The molecule has 1 aromatic heterocycles. The average molecular weight is 311 g/mol. The highest BCUT2D eigenvalue weighted by Gasteiger charge is 2.71. The second kappa shape index (κ2) is 4.67. The number of nitrogens with zero attached hydrogens (tertiary/aromatic N) is 2. The van der Waals surface area contributed by atoms with E-state index in [0.29, 0.717) is 0 Å². The minimum atomic E-state index is -0.262. The van der Waals surface area contributed by atoms with Gasteiger partial charge in [-0.1, -0.05) is 51.1 Å². The number of fused-ring (bicyclic) bond motifs is 2. The summed E-state index contributed by atoms with van der Waals surface area (Å²) in [4.78, 5) is 4.84. The summed E-state index contributed by atoms with van der Waals surface area (Å²) >= 11 is 0. The Balaban J connectivity index is 1.67. The van der Waals surface area contributed by atoms with E-state index in [0.717, 1.165) is 37.3 Å². The second-order valence-corrected chi connectivity index (χ2v) is 8.11. The van der Waals surface area contributed by atoms with Crippen molar-refractivity contribution in [1.82, 2.24) is 15.2 Å². The lowest BCUT2D eigenvalue weighted by molar-refractivity contribution is 0.0123. The van der Waals surface area contributed by atoms with Crippen molar-refractivity contribution < 1.29 is 5.11 Å². The van der Waals surface area contributed by atoms with Crippen molar-refractivity contribution >= 4 is 0 Å². The summed E-state index contributed by atoms with van der Waals surface area (Å²) in [6, 6.07) is 10.3. The van der Waals surface area contributed by atoms with Crippen molar-refractivity contribution in [2.24, 2.45) is 10.8 Å². The fourth-order valence-corrected chi connectivity index (χ4v) is 5.00. The van der Waals surface area contributed by atoms with Crippen LogP contribution in [0.25, 0.3) is 0 Å². The summed E-state index contributed by atoms with van der Waals surface area (Å²) in [6.45, 7) is 6.79. The van der Waals surface area contributed by atoms with Gasteiger partial charge < -0.3 is 5.11 Å². The molecule has 0 amide bonds. The number of aromatic nitrogens is 3. The maximum absolute atomic E-state index is 10.6. The Kier molecular flexibility index (Phi) is 3.02. The van der Waals surface area contributed by atoms with Crippen molar-refractivity contribution in [3.8, 4) is 0 Å². The zero-order valence-electron chi connectivity index (χ0n) is 14.1. The van der Waals surface area contributed by atoms with Gasteiger partial charge in [0.1, 0.15) is 5.82 Å². The molecule has 0 aliphatic heterocycles. The van der Waals surface area contributed by atoms with E-state index >= 15 is 0 Å². The molecule has 2 aliphatic rings. The average Bonchev–Trinajstić information content (AvgIpc) is 3.10. The van der Waals surface area contributed by atoms with Crippen LogP contribution in [0.4, 0.5) is 0 Å². The summed E-state index contributed by atoms with van der Waals surface area (Å²) in [5.74, 6) is 1.81. The fourth-order valence-electron chi connectivity index (χ4n) is 5.00. The number of rotatable bonds is 3. The Morgan fingerprint density at radius 2 is 1.91 bits per heavy atom. The molecule has 2 bridgehead atoms. The highest BCUT2D eigenvalue weighted by molar-refractivity contribution is 5.30. The number of aromatic amines is 1. The Morgan fingerprint density at radius 3 is 2.52 bits per heavy atom. The lowest BCUT2D eigenvalue weighted by Gasteiger charge is -2.39. The summed E-state index contributed by atoms with van der Waals surface area (Å²) < 4.78 is 0. The van der Waals surface area contributed by atoms with Gasteiger partial charge in [0.2, 0.25) is 0 Å². The molecular weight excluding hydrogens is 286 g/mol. The highest BCUT2D eigenvalue weighted by Crippen LogP contribution is 2.71. The number of aliphatic hydroxyl groups excluding tert-OH is 1. The first-order chi connectivity index (χ1) is 10.9. The van der Waals surface area contributed by atoms with Crippen LogP contribution < -0.4 is 0 Å². The lowest BCUT2D eigenvalue weighted by atomic mass is 9.64. The summed E-state index contributed by atoms with van der Waals surface area (Å²) in [6.07, 6.45) is 3.39. The number of nitrogens with one attached hydrogen (secondary N) is 1. The van der Waals surface area contributed by atoms with E-state index in [4.69, 9.17) is 4.98 Å². The van der Waals surface area contributed by atoms with E-state index in [1.54, 1.807) is 0 Å². The Morgan fingerprint density at radius 1 is 1.17 bits per heavy atom. The smallest absolute Gasteiger partial charge is 0.157 e. The highest BCUT2D eigenvalue weighted by atomic mass is 16.3. The molecular formula is C19H25N3O. The molecule has 0 unspecified atom stereocenters. The maximum Gasteiger partial charge on any atom is 0.157 e. The van der Waals surface area contributed by atoms with Crippen LogP contribution in [0.2, 0.25) is 0 Å². The summed E-state index contributed by atoms with van der Waals surface area (Å²) in [5, 5.41) is 18.3. The predicted molar refractivity (Wildman–Crippen MR) is 89.1 cm³/mol. The second-order valence-electron chi connectivity index (χ2n) is 8.11. The number of benzene rings is 1. The molecule has 23 heavy (non-hydrogen) atoms. The maximum atomic E-state index is 10.6. The Hall–Kier alpha value is -1.68. The van der Waals surface area contributed by atoms with Gasteiger partial charge in [0, 0.05) is 11.8 Å². The zero-order valence-corrected chi connectivity index (χ0v) is 14.1. The quantitative estimate of drug-likeness (QED) is 0.915. The molecule has 4 heteroatoms. The molecule has 1 heterocycles. The van der Waals surface area contributed by atoms with Crippen molar-refractivity contribution in [3.63, 3.8) is 0 Å². The van der Waals surface area contributed by atoms with Gasteiger partial charge in [-0.15, -0.1) is 0 Å². The van der Waals surface area contributed by atoms with Crippen molar-refractivity contribution in [2.75, 3.05) is 0 Å². The molecule has 122 valence electrons. The lowest BCUT2D eigenvalue weighted by Crippen LogP contribution is -2.39. The van der Waals surface area contributed by atoms with Crippen molar-refractivity contribution in [1.29, 1.82) is 0 Å². The Labute approximate surface area is 137 Å². The van der Waals surface area contributed by atoms with Gasteiger partial charge in [0.25, 0.3) is 0 Å². The third-order valence-corrected chi connectivity index (χ3v) is 7.15. The minimum Gasteiger partial charge on any atom is -0.393 e. The van der Waals surface area contributed by atoms with E-state index in [1.807, 2.05) is 18.2 Å². The van der Waals surface area contributed by atoms with Gasteiger partial charge in [0.15, 0.2) is 5.82 Å². The molecule has 2 fully saturated rings. The SMILES string of the molecule is CC1(C)[C@@]2(c3n[nH]c(Cc4ccccc4)n3)CC[C@]1(C)[C@@H](O)C2. The number of hydrogen-bond donors (Lipinski definition) is 2. The first kappa shape index (κ1) is 14.9. The molecule has 0 radical (unpaired) electrons. The van der Waals surface area contributed by atoms with Crippen molar-refractivity contribution in [2.45, 2.75) is 58.0 Å². The molecule has 2 N–H and O–H groups in total. The Bertz CT molecular complexity index is 723. The molecule has 0 saturated heterocycles. The van der Waals surface area contributed by atoms with Crippen molar-refractivity contribution in [3.05, 3.63) is 47.5 Å². The molecule has 2 aromatic rings. The van der Waals surface area contributed by atoms with Crippen LogP contribution in [0.1, 0.15) is 57.2 Å². The van der Waals surface area contributed by atoms with Crippen LogP contribution in [0.15, 0.2) is 30.3 Å². The van der Waals surface area contributed by atoms with Gasteiger partial charge in [-0.3, -0.25) is 5.10 Å². The van der Waals surface area contributed by atoms with E-state index < -0.39 is 0 Å². The van der Waals surface area contributed by atoms with E-state index in [-0.39, 0.29) is 22.3 Å². The molecule has 2 saturated carbocycles. The van der Waals surface area contributed by atoms with Gasteiger partial charge in [0.05, 0.1) is 6.10 Å². The van der Waals surface area contributed by atoms with Gasteiger partial charge >= 0.3 is 0 Å². The van der Waals surface area contributed by atoms with Gasteiger partial charge in [-0.25, -0.2) is 4.98 Å². The number of aliphatic hydroxyl groups is 1. The fraction of sp³-hybridized carbons (Fsp3) is 0.579. The van der Waals surface area contributed by atoms with Crippen LogP contribution in [-0.4, -0.2) is 26.4 Å². The van der Waals surface area contributed by atoms with Gasteiger partial charge in [-0.2, -0.15) is 5.10 Å². The monoisotopic (exact) mass is 311 g/mol. The summed E-state index contributed by atoms with van der Waals surface area (Å²) in [5.41, 5.74) is 1.10. The first-order valence-electron chi connectivity index (χ1n) is 8.53. The molecule has 4 nitrogen and oxygen atoms in total. The normalized spacial score (nSPS) is 34.9. The predicted octanol–water partition coefficient (Wildman–Crippen LogP) is 3.22. The molecule has 0 spiro atoms. The van der Waals surface area contributed by atoms with Crippen LogP contribution in [0.3, 0.4) is 0 Å². The van der Waals surface area contributed by atoms with Crippen LogP contribution in [-0.2, 0) is 11.8 Å². The summed E-state index contributed by atoms with van der Waals surface area (Å²) in [7, 11) is 0. The first-order valence-corrected chi connectivity index (χ1v) is 8.53. The molecule has 3 atom stereocenters. The van der Waals surface area contributed by atoms with E-state index in [9.17, 15) is 5.11 Å². The minimum absolute atomic E-state index is 0.00558. The zero-order chi connectivity index (χ0) is 16.3. The molecule has 1 aromatic carbocycles.